The molecule has 5 N–H and O–H groups in total. The normalized spacial score (nSPS) is 13.3. The highest BCUT2D eigenvalue weighted by Gasteiger charge is 2.40. The van der Waals surface area contributed by atoms with Crippen molar-refractivity contribution in [3.63, 3.8) is 0 Å². The Kier molecular flexibility index (Phi) is 3.63. The molecule has 0 bridgehead atoms. The number of hydrogen-bond acceptors (Lipinski definition) is 5. The molecule has 2 aromatic rings. The standard InChI is InChI=1S/C17H16N2O4/c18-17(19,15(20)21)16(22)23-9-14-12-7-3-1-5-10(12)11-6-2-4-8-13(11)14/h1-8,14H,9,18-19H2,(H,20,21). The van der Waals surface area contributed by atoms with Crippen LogP contribution < -0.4 is 11.5 Å². The van der Waals surface area contributed by atoms with Crippen LogP contribution >= 0.6 is 0 Å². The maximum Gasteiger partial charge on any atom is 0.353 e. The Morgan fingerprint density at radius 2 is 1.48 bits per heavy atom. The number of hydrogen-bond donors (Lipinski definition) is 3. The fraction of sp³-hybridized carbons (Fsp3) is 0.176. The number of ether oxygens (including phenoxy) is 1. The highest BCUT2D eigenvalue weighted by Crippen LogP contribution is 2.44. The number of benzene rings is 2. The van der Waals surface area contributed by atoms with Gasteiger partial charge in [0.15, 0.2) is 0 Å². The lowest BCUT2D eigenvalue weighted by Gasteiger charge is -2.20. The van der Waals surface area contributed by atoms with E-state index >= 15 is 0 Å². The molecule has 0 saturated heterocycles. The van der Waals surface area contributed by atoms with Gasteiger partial charge in [0.05, 0.1) is 0 Å². The Labute approximate surface area is 132 Å². The summed E-state index contributed by atoms with van der Waals surface area (Å²) >= 11 is 0. The molecule has 0 saturated carbocycles. The second-order valence-electron chi connectivity index (χ2n) is 5.50. The van der Waals surface area contributed by atoms with Crippen LogP contribution in [0.25, 0.3) is 11.1 Å². The monoisotopic (exact) mass is 312 g/mol. The first-order valence-corrected chi connectivity index (χ1v) is 7.09. The van der Waals surface area contributed by atoms with Crippen LogP contribution in [0.4, 0.5) is 0 Å². The van der Waals surface area contributed by atoms with Gasteiger partial charge in [-0.2, -0.15) is 0 Å². The van der Waals surface area contributed by atoms with E-state index in [1.54, 1.807) is 0 Å². The average Bonchev–Trinajstić information content (AvgIpc) is 2.86. The van der Waals surface area contributed by atoms with Crippen molar-refractivity contribution in [2.45, 2.75) is 11.6 Å². The Morgan fingerprint density at radius 1 is 1.00 bits per heavy atom. The number of rotatable bonds is 4. The molecule has 0 spiro atoms. The van der Waals surface area contributed by atoms with Crippen LogP contribution in [0.1, 0.15) is 17.0 Å². The van der Waals surface area contributed by atoms with Crippen molar-refractivity contribution in [3.05, 3.63) is 59.7 Å². The van der Waals surface area contributed by atoms with Crippen molar-refractivity contribution >= 4 is 11.9 Å². The molecule has 3 rings (SSSR count). The van der Waals surface area contributed by atoms with E-state index in [-0.39, 0.29) is 12.5 Å². The van der Waals surface area contributed by atoms with E-state index in [9.17, 15) is 9.59 Å². The number of esters is 1. The van der Waals surface area contributed by atoms with Crippen LogP contribution in [0.5, 0.6) is 0 Å². The molecule has 6 nitrogen and oxygen atoms in total. The molecule has 23 heavy (non-hydrogen) atoms. The molecule has 0 radical (unpaired) electrons. The summed E-state index contributed by atoms with van der Waals surface area (Å²) in [5.41, 5.74) is 12.2. The van der Waals surface area contributed by atoms with E-state index in [2.05, 4.69) is 0 Å². The Hall–Kier alpha value is -2.70. The Balaban J connectivity index is 1.87. The van der Waals surface area contributed by atoms with Crippen LogP contribution in [0.2, 0.25) is 0 Å². The third kappa shape index (κ3) is 2.48. The summed E-state index contributed by atoms with van der Waals surface area (Å²) in [4.78, 5) is 22.7. The predicted octanol–water partition coefficient (Wildman–Crippen LogP) is 1.04. The minimum atomic E-state index is -2.54. The molecule has 0 aromatic heterocycles. The summed E-state index contributed by atoms with van der Waals surface area (Å²) in [5, 5.41) is 8.87. The van der Waals surface area contributed by atoms with Gasteiger partial charge in [-0.25, -0.2) is 9.59 Å². The average molecular weight is 312 g/mol. The molecular weight excluding hydrogens is 296 g/mol. The van der Waals surface area contributed by atoms with Crippen LogP contribution in [0, 0.1) is 0 Å². The van der Waals surface area contributed by atoms with Crippen LogP contribution in [-0.2, 0) is 14.3 Å². The van der Waals surface area contributed by atoms with E-state index < -0.39 is 17.6 Å². The minimum Gasteiger partial charge on any atom is -0.478 e. The van der Waals surface area contributed by atoms with Crippen molar-refractivity contribution in [1.29, 1.82) is 0 Å². The molecule has 0 heterocycles. The largest absolute Gasteiger partial charge is 0.478 e. The second-order valence-corrected chi connectivity index (χ2v) is 5.50. The third-order valence-electron chi connectivity index (χ3n) is 4.04. The lowest BCUT2D eigenvalue weighted by atomic mass is 9.98. The van der Waals surface area contributed by atoms with Crippen molar-refractivity contribution in [3.8, 4) is 11.1 Å². The van der Waals surface area contributed by atoms with E-state index in [1.807, 2.05) is 48.5 Å². The van der Waals surface area contributed by atoms with Crippen LogP contribution in [-0.4, -0.2) is 29.3 Å². The van der Waals surface area contributed by atoms with Gasteiger partial charge < -0.3 is 9.84 Å². The molecule has 0 amide bonds. The lowest BCUT2D eigenvalue weighted by Crippen LogP contribution is -2.63. The highest BCUT2D eigenvalue weighted by atomic mass is 16.5. The molecule has 2 aromatic carbocycles. The lowest BCUT2D eigenvalue weighted by molar-refractivity contribution is -0.160. The maximum absolute atomic E-state index is 11.8. The van der Waals surface area contributed by atoms with Gasteiger partial charge in [-0.3, -0.25) is 11.5 Å². The summed E-state index contributed by atoms with van der Waals surface area (Å²) in [6.45, 7) is -0.0176. The summed E-state index contributed by atoms with van der Waals surface area (Å²) in [6, 6.07) is 15.6. The molecule has 0 fully saturated rings. The molecule has 1 aliphatic carbocycles. The zero-order valence-corrected chi connectivity index (χ0v) is 12.2. The summed E-state index contributed by atoms with van der Waals surface area (Å²) in [7, 11) is 0. The SMILES string of the molecule is NC(N)(C(=O)O)C(=O)OCC1c2ccccc2-c2ccccc21. The molecule has 0 atom stereocenters. The van der Waals surface area contributed by atoms with Crippen molar-refractivity contribution in [2.75, 3.05) is 6.61 Å². The molecule has 1 aliphatic rings. The molecule has 6 heteroatoms. The Bertz CT molecular complexity index is 740. The number of carboxylic acids is 1. The predicted molar refractivity (Wildman–Crippen MR) is 83.4 cm³/mol. The van der Waals surface area contributed by atoms with Crippen molar-refractivity contribution < 1.29 is 19.4 Å². The van der Waals surface area contributed by atoms with Crippen molar-refractivity contribution in [1.82, 2.24) is 0 Å². The van der Waals surface area contributed by atoms with Crippen molar-refractivity contribution in [2.24, 2.45) is 11.5 Å². The number of aliphatic carboxylic acids is 1. The van der Waals surface area contributed by atoms with Gasteiger partial charge in [0.1, 0.15) is 6.61 Å². The fourth-order valence-electron chi connectivity index (χ4n) is 2.81. The summed E-state index contributed by atoms with van der Waals surface area (Å²) in [5.74, 6) is -2.96. The third-order valence-corrected chi connectivity index (χ3v) is 4.04. The van der Waals surface area contributed by atoms with E-state index in [0.717, 1.165) is 22.3 Å². The van der Waals surface area contributed by atoms with E-state index in [1.165, 1.54) is 0 Å². The van der Waals surface area contributed by atoms with Gasteiger partial charge in [0.25, 0.3) is 5.66 Å². The second kappa shape index (κ2) is 5.49. The van der Waals surface area contributed by atoms with E-state index in [0.29, 0.717) is 0 Å². The number of carbonyl (C=O) groups is 2. The van der Waals surface area contributed by atoms with Gasteiger partial charge in [0, 0.05) is 5.92 Å². The van der Waals surface area contributed by atoms with E-state index in [4.69, 9.17) is 21.3 Å². The van der Waals surface area contributed by atoms with Gasteiger partial charge in [-0.1, -0.05) is 48.5 Å². The quantitative estimate of drug-likeness (QED) is 0.441. The zero-order chi connectivity index (χ0) is 16.6. The van der Waals surface area contributed by atoms with Gasteiger partial charge in [-0.05, 0) is 22.3 Å². The highest BCUT2D eigenvalue weighted by molar-refractivity contribution is 6.02. The number of carbonyl (C=O) groups excluding carboxylic acids is 1. The Morgan fingerprint density at radius 3 is 1.96 bits per heavy atom. The summed E-state index contributed by atoms with van der Waals surface area (Å²) in [6.07, 6.45) is 0. The van der Waals surface area contributed by atoms with Gasteiger partial charge in [0.2, 0.25) is 0 Å². The fourth-order valence-corrected chi connectivity index (χ4v) is 2.81. The van der Waals surface area contributed by atoms with Crippen LogP contribution in [0.15, 0.2) is 48.5 Å². The first-order valence-electron chi connectivity index (χ1n) is 7.09. The molecule has 0 aliphatic heterocycles. The molecular formula is C17H16N2O4. The molecule has 0 unspecified atom stereocenters. The molecule has 118 valence electrons. The van der Waals surface area contributed by atoms with Gasteiger partial charge in [-0.15, -0.1) is 0 Å². The summed E-state index contributed by atoms with van der Waals surface area (Å²) < 4.78 is 5.10. The topological polar surface area (TPSA) is 116 Å². The van der Waals surface area contributed by atoms with Gasteiger partial charge >= 0.3 is 11.9 Å². The van der Waals surface area contributed by atoms with Crippen LogP contribution in [0.3, 0.4) is 0 Å². The first-order chi connectivity index (χ1) is 10.9. The minimum absolute atomic E-state index is 0.0176. The number of nitrogens with two attached hydrogens (primary N) is 2. The first kappa shape index (κ1) is 15.2. The smallest absolute Gasteiger partial charge is 0.353 e. The maximum atomic E-state index is 11.8. The number of carboxylic acid groups (broad SMARTS) is 1. The number of fused-ring (bicyclic) bond motifs is 3. The zero-order valence-electron chi connectivity index (χ0n) is 12.2.